The van der Waals surface area contributed by atoms with Crippen molar-refractivity contribution in [3.05, 3.63) is 36.0 Å². The van der Waals surface area contributed by atoms with E-state index in [0.717, 1.165) is 29.5 Å². The first-order valence-corrected chi connectivity index (χ1v) is 8.23. The van der Waals surface area contributed by atoms with Gasteiger partial charge in [0.2, 0.25) is 5.91 Å². The number of fused-ring (bicyclic) bond motifs is 2. The lowest BCUT2D eigenvalue weighted by Gasteiger charge is -2.47. The summed E-state index contributed by atoms with van der Waals surface area (Å²) in [6.45, 7) is 1.43. The number of nitrogens with one attached hydrogen (secondary N) is 2. The number of amides is 1. The van der Waals surface area contributed by atoms with E-state index < -0.39 is 0 Å². The molecule has 2 fully saturated rings. The molecule has 1 aromatic carbocycles. The highest BCUT2D eigenvalue weighted by Crippen LogP contribution is 2.43. The molecule has 23 heavy (non-hydrogen) atoms. The molecule has 1 saturated carbocycles. The van der Waals surface area contributed by atoms with Crippen LogP contribution in [0.2, 0.25) is 0 Å². The Hall–Kier alpha value is -1.85. The summed E-state index contributed by atoms with van der Waals surface area (Å²) in [5.41, 5.74) is 2.11. The third-order valence-corrected chi connectivity index (χ3v) is 5.24. The van der Waals surface area contributed by atoms with E-state index in [1.54, 1.807) is 7.11 Å². The third-order valence-electron chi connectivity index (χ3n) is 5.24. The molecule has 1 aliphatic heterocycles. The number of methoxy groups -OCH3 is 1. The second-order valence-corrected chi connectivity index (χ2v) is 6.54. The molecule has 1 aromatic heterocycles. The van der Waals surface area contributed by atoms with Gasteiger partial charge in [0, 0.05) is 48.7 Å². The van der Waals surface area contributed by atoms with Gasteiger partial charge in [0.15, 0.2) is 0 Å². The standard InChI is InChI=1S/C18H22N2O3/c1-22-10-14-17(13-6-7-23-18(13)14)20-16(21)8-11-9-19-15-5-3-2-4-12(11)15/h2-5,9,13-14,17-19H,6-8,10H2,1H3,(H,20,21)/t13-,14+,17+,18-/m0/s1. The van der Waals surface area contributed by atoms with Gasteiger partial charge in [-0.05, 0) is 18.1 Å². The largest absolute Gasteiger partial charge is 0.384 e. The molecule has 1 saturated heterocycles. The number of ether oxygens (including phenoxy) is 2. The number of para-hydroxylation sites is 1. The normalized spacial score (nSPS) is 29.3. The Morgan fingerprint density at radius 3 is 3.17 bits per heavy atom. The molecule has 1 aliphatic carbocycles. The predicted molar refractivity (Wildman–Crippen MR) is 87.1 cm³/mol. The van der Waals surface area contributed by atoms with Crippen molar-refractivity contribution in [2.24, 2.45) is 11.8 Å². The molecule has 0 bridgehead atoms. The van der Waals surface area contributed by atoms with E-state index in [1.807, 2.05) is 30.5 Å². The highest BCUT2D eigenvalue weighted by atomic mass is 16.5. The van der Waals surface area contributed by atoms with Gasteiger partial charge in [0.05, 0.1) is 19.1 Å². The minimum Gasteiger partial charge on any atom is -0.384 e. The van der Waals surface area contributed by atoms with Crippen molar-refractivity contribution >= 4 is 16.8 Å². The van der Waals surface area contributed by atoms with E-state index in [4.69, 9.17) is 9.47 Å². The van der Waals surface area contributed by atoms with Gasteiger partial charge in [0.1, 0.15) is 0 Å². The summed E-state index contributed by atoms with van der Waals surface area (Å²) in [5, 5.41) is 4.33. The fourth-order valence-corrected chi connectivity index (χ4v) is 4.12. The Labute approximate surface area is 135 Å². The second-order valence-electron chi connectivity index (χ2n) is 6.54. The van der Waals surface area contributed by atoms with Gasteiger partial charge in [-0.2, -0.15) is 0 Å². The summed E-state index contributed by atoms with van der Waals surface area (Å²) in [7, 11) is 1.70. The molecule has 4 atom stereocenters. The topological polar surface area (TPSA) is 63.3 Å². The lowest BCUT2D eigenvalue weighted by Crippen LogP contribution is -2.62. The van der Waals surface area contributed by atoms with Crippen LogP contribution in [0.5, 0.6) is 0 Å². The number of aromatic nitrogens is 1. The van der Waals surface area contributed by atoms with Crippen LogP contribution in [0, 0.1) is 11.8 Å². The molecule has 0 spiro atoms. The van der Waals surface area contributed by atoms with Gasteiger partial charge < -0.3 is 19.8 Å². The third kappa shape index (κ3) is 2.54. The summed E-state index contributed by atoms with van der Waals surface area (Å²) in [6.07, 6.45) is 3.62. The number of benzene rings is 1. The van der Waals surface area contributed by atoms with Crippen molar-refractivity contribution in [2.45, 2.75) is 25.0 Å². The zero-order valence-corrected chi connectivity index (χ0v) is 13.2. The molecule has 0 radical (unpaired) electrons. The lowest BCUT2D eigenvalue weighted by molar-refractivity contribution is -0.129. The van der Waals surface area contributed by atoms with Crippen molar-refractivity contribution in [3.8, 4) is 0 Å². The van der Waals surface area contributed by atoms with Gasteiger partial charge >= 0.3 is 0 Å². The van der Waals surface area contributed by atoms with Crippen LogP contribution in [-0.2, 0) is 20.7 Å². The van der Waals surface area contributed by atoms with Gasteiger partial charge in [-0.3, -0.25) is 4.79 Å². The Bertz CT molecular complexity index is 711. The maximum absolute atomic E-state index is 12.5. The maximum Gasteiger partial charge on any atom is 0.224 e. The number of hydrogen-bond donors (Lipinski definition) is 2. The predicted octanol–water partition coefficient (Wildman–Crippen LogP) is 1.88. The van der Waals surface area contributed by atoms with Crippen molar-refractivity contribution in [2.75, 3.05) is 20.3 Å². The number of carbonyl (C=O) groups is 1. The fraction of sp³-hybridized carbons (Fsp3) is 0.500. The first-order chi connectivity index (χ1) is 11.3. The highest BCUT2D eigenvalue weighted by Gasteiger charge is 2.54. The van der Waals surface area contributed by atoms with Crippen LogP contribution >= 0.6 is 0 Å². The molecule has 2 N–H and O–H groups in total. The molecule has 2 aliphatic rings. The zero-order chi connectivity index (χ0) is 15.8. The van der Waals surface area contributed by atoms with E-state index in [1.165, 1.54) is 0 Å². The SMILES string of the molecule is COC[C@@H]1[C@H](NC(=O)Cc2c[nH]c3ccccc23)[C@@H]2CCO[C@H]12. The number of carbonyl (C=O) groups excluding carboxylic acids is 1. The minimum absolute atomic E-state index is 0.0752. The molecule has 5 heteroatoms. The monoisotopic (exact) mass is 314 g/mol. The quantitative estimate of drug-likeness (QED) is 0.886. The van der Waals surface area contributed by atoms with Crippen LogP contribution in [0.3, 0.4) is 0 Å². The maximum atomic E-state index is 12.5. The number of rotatable bonds is 5. The number of hydrogen-bond acceptors (Lipinski definition) is 3. The Kier molecular flexibility index (Phi) is 3.83. The van der Waals surface area contributed by atoms with Crippen molar-refractivity contribution in [1.82, 2.24) is 10.3 Å². The summed E-state index contributed by atoms with van der Waals surface area (Å²) < 4.78 is 11.0. The van der Waals surface area contributed by atoms with E-state index in [2.05, 4.69) is 10.3 Å². The molecule has 122 valence electrons. The van der Waals surface area contributed by atoms with Crippen LogP contribution in [0.1, 0.15) is 12.0 Å². The van der Waals surface area contributed by atoms with Crippen molar-refractivity contribution in [3.63, 3.8) is 0 Å². The first-order valence-electron chi connectivity index (χ1n) is 8.23. The molecule has 4 rings (SSSR count). The van der Waals surface area contributed by atoms with Crippen LogP contribution < -0.4 is 5.32 Å². The van der Waals surface area contributed by atoms with Gasteiger partial charge in [-0.25, -0.2) is 0 Å². The van der Waals surface area contributed by atoms with E-state index in [-0.39, 0.29) is 24.0 Å². The average Bonchev–Trinajstić information content (AvgIpc) is 3.16. The van der Waals surface area contributed by atoms with E-state index >= 15 is 0 Å². The van der Waals surface area contributed by atoms with Crippen LogP contribution in [0.25, 0.3) is 10.9 Å². The molecular formula is C18H22N2O3. The second kappa shape index (κ2) is 5.98. The van der Waals surface area contributed by atoms with Crippen LogP contribution in [0.4, 0.5) is 0 Å². The van der Waals surface area contributed by atoms with E-state index in [9.17, 15) is 4.79 Å². The summed E-state index contributed by atoms with van der Waals surface area (Å²) in [4.78, 5) is 15.7. The lowest BCUT2D eigenvalue weighted by atomic mass is 9.67. The van der Waals surface area contributed by atoms with Crippen LogP contribution in [0.15, 0.2) is 30.5 Å². The smallest absolute Gasteiger partial charge is 0.224 e. The van der Waals surface area contributed by atoms with Gasteiger partial charge in [0.25, 0.3) is 0 Å². The van der Waals surface area contributed by atoms with Gasteiger partial charge in [-0.15, -0.1) is 0 Å². The summed E-state index contributed by atoms with van der Waals surface area (Å²) >= 11 is 0. The van der Waals surface area contributed by atoms with Crippen LogP contribution in [-0.4, -0.2) is 43.4 Å². The summed E-state index contributed by atoms with van der Waals surface area (Å²) in [5.74, 6) is 0.799. The van der Waals surface area contributed by atoms with E-state index in [0.29, 0.717) is 18.9 Å². The fourth-order valence-electron chi connectivity index (χ4n) is 4.12. The minimum atomic E-state index is 0.0752. The Morgan fingerprint density at radius 2 is 2.30 bits per heavy atom. The molecule has 0 unspecified atom stereocenters. The summed E-state index contributed by atoms with van der Waals surface area (Å²) in [6, 6.07) is 8.25. The van der Waals surface area contributed by atoms with Gasteiger partial charge in [-0.1, -0.05) is 18.2 Å². The number of aromatic amines is 1. The van der Waals surface area contributed by atoms with Crippen molar-refractivity contribution < 1.29 is 14.3 Å². The molecule has 2 aromatic rings. The molecule has 1 amide bonds. The zero-order valence-electron chi connectivity index (χ0n) is 13.2. The molecule has 2 heterocycles. The first kappa shape index (κ1) is 14.7. The highest BCUT2D eigenvalue weighted by molar-refractivity contribution is 5.89. The Balaban J connectivity index is 1.43. The molecular weight excluding hydrogens is 292 g/mol. The molecule has 5 nitrogen and oxygen atoms in total. The Morgan fingerprint density at radius 1 is 1.43 bits per heavy atom. The van der Waals surface area contributed by atoms with Crippen molar-refractivity contribution in [1.29, 1.82) is 0 Å². The number of H-pyrrole nitrogens is 1. The average molecular weight is 314 g/mol.